The van der Waals surface area contributed by atoms with Crippen molar-refractivity contribution in [2.75, 3.05) is 0 Å². The summed E-state index contributed by atoms with van der Waals surface area (Å²) in [7, 11) is 0. The molecule has 0 aliphatic rings. The third-order valence-electron chi connectivity index (χ3n) is 2.41. The summed E-state index contributed by atoms with van der Waals surface area (Å²) in [5.41, 5.74) is 3.08. The average molecular weight is 194 g/mol. The minimum Gasteiger partial charge on any atom is -0.464 e. The van der Waals surface area contributed by atoms with Crippen LogP contribution in [0.15, 0.2) is 53.4 Å². The van der Waals surface area contributed by atoms with Gasteiger partial charge in [0.15, 0.2) is 0 Å². The summed E-state index contributed by atoms with van der Waals surface area (Å²) in [6, 6.07) is 12.7. The topological polar surface area (TPSA) is 26.0 Å². The van der Waals surface area contributed by atoms with Crippen LogP contribution in [0.2, 0.25) is 0 Å². The summed E-state index contributed by atoms with van der Waals surface area (Å²) in [6.07, 6.45) is 5.33. The molecule has 0 aliphatic heterocycles. The van der Waals surface area contributed by atoms with Crippen LogP contribution >= 0.6 is 0 Å². The van der Waals surface area contributed by atoms with E-state index in [1.165, 1.54) is 0 Å². The largest absolute Gasteiger partial charge is 0.464 e. The molecule has 15 heavy (non-hydrogen) atoms. The molecule has 0 bridgehead atoms. The fraction of sp³-hybridized carbons (Fsp3) is 0. The van der Waals surface area contributed by atoms with Crippen molar-refractivity contribution >= 4 is 11.0 Å². The Balaban J connectivity index is 2.28. The van der Waals surface area contributed by atoms with Crippen molar-refractivity contribution in [3.8, 4) is 11.1 Å². The average Bonchev–Trinajstić information content (AvgIpc) is 2.74. The van der Waals surface area contributed by atoms with Crippen molar-refractivity contribution in [2.45, 2.75) is 0 Å². The van der Waals surface area contributed by atoms with E-state index in [9.17, 15) is 0 Å². The summed E-state index contributed by atoms with van der Waals surface area (Å²) >= 11 is 0. The highest BCUT2D eigenvalue weighted by molar-refractivity contribution is 5.93. The summed E-state index contributed by atoms with van der Waals surface area (Å²) in [6.45, 7) is 0. The Labute approximate surface area is 87.2 Å². The zero-order chi connectivity index (χ0) is 10.1. The van der Waals surface area contributed by atoms with Crippen LogP contribution in [0.3, 0.4) is 0 Å². The molecule has 0 amide bonds. The molecule has 1 radical (unpaired) electrons. The Morgan fingerprint density at radius 2 is 2.00 bits per heavy atom. The van der Waals surface area contributed by atoms with Crippen LogP contribution in [-0.2, 0) is 0 Å². The zero-order valence-corrected chi connectivity index (χ0v) is 7.97. The second-order valence-electron chi connectivity index (χ2n) is 3.31. The van der Waals surface area contributed by atoms with E-state index < -0.39 is 0 Å². The maximum atomic E-state index is 5.45. The SMILES string of the molecule is [c]1ccc2c(-c3ccncc3)coc2c1. The molecule has 0 unspecified atom stereocenters. The third kappa shape index (κ3) is 1.31. The van der Waals surface area contributed by atoms with Crippen molar-refractivity contribution < 1.29 is 4.42 Å². The summed E-state index contributed by atoms with van der Waals surface area (Å²) in [5, 5.41) is 1.11. The molecule has 3 aromatic rings. The van der Waals surface area contributed by atoms with Crippen molar-refractivity contribution in [3.63, 3.8) is 0 Å². The van der Waals surface area contributed by atoms with Gasteiger partial charge < -0.3 is 4.42 Å². The predicted octanol–water partition coefficient (Wildman–Crippen LogP) is 3.29. The maximum absolute atomic E-state index is 5.45. The maximum Gasteiger partial charge on any atom is 0.135 e. The lowest BCUT2D eigenvalue weighted by atomic mass is 10.1. The van der Waals surface area contributed by atoms with Gasteiger partial charge in [-0.3, -0.25) is 4.98 Å². The van der Waals surface area contributed by atoms with Gasteiger partial charge in [-0.25, -0.2) is 0 Å². The second-order valence-corrected chi connectivity index (χ2v) is 3.31. The lowest BCUT2D eigenvalue weighted by molar-refractivity contribution is 0.617. The number of furan rings is 1. The van der Waals surface area contributed by atoms with Crippen molar-refractivity contribution in [3.05, 3.63) is 55.1 Å². The van der Waals surface area contributed by atoms with Gasteiger partial charge in [-0.2, -0.15) is 0 Å². The Morgan fingerprint density at radius 1 is 1.13 bits per heavy atom. The molecule has 71 valence electrons. The lowest BCUT2D eigenvalue weighted by Gasteiger charge is -1.95. The highest BCUT2D eigenvalue weighted by Crippen LogP contribution is 2.29. The molecule has 1 aromatic carbocycles. The van der Waals surface area contributed by atoms with E-state index in [0.717, 1.165) is 22.1 Å². The van der Waals surface area contributed by atoms with Crippen LogP contribution in [0.5, 0.6) is 0 Å². The van der Waals surface area contributed by atoms with Crippen molar-refractivity contribution in [1.29, 1.82) is 0 Å². The molecule has 0 N–H and O–H groups in total. The van der Waals surface area contributed by atoms with E-state index >= 15 is 0 Å². The first-order chi connectivity index (χ1) is 7.45. The first kappa shape index (κ1) is 8.24. The molecule has 3 rings (SSSR count). The van der Waals surface area contributed by atoms with Gasteiger partial charge in [0, 0.05) is 23.3 Å². The zero-order valence-electron chi connectivity index (χ0n) is 7.97. The molecule has 0 saturated carbocycles. The van der Waals surface area contributed by atoms with Crippen LogP contribution in [0.4, 0.5) is 0 Å². The number of pyridine rings is 1. The number of hydrogen-bond donors (Lipinski definition) is 0. The molecule has 2 nitrogen and oxygen atoms in total. The van der Waals surface area contributed by atoms with Gasteiger partial charge >= 0.3 is 0 Å². The van der Waals surface area contributed by atoms with Crippen LogP contribution in [0, 0.1) is 6.07 Å². The number of fused-ring (bicyclic) bond motifs is 1. The van der Waals surface area contributed by atoms with Gasteiger partial charge in [0.05, 0.1) is 6.26 Å². The molecule has 0 aliphatic carbocycles. The highest BCUT2D eigenvalue weighted by Gasteiger charge is 2.06. The standard InChI is InChI=1S/C13H8NO/c1-2-4-13-11(3-1)12(9-15-13)10-5-7-14-8-6-10/h1,3-9H. The molecular formula is C13H8NO. The molecule has 0 spiro atoms. The van der Waals surface area contributed by atoms with Crippen LogP contribution in [0.25, 0.3) is 22.1 Å². The van der Waals surface area contributed by atoms with Crippen molar-refractivity contribution in [2.24, 2.45) is 0 Å². The fourth-order valence-corrected chi connectivity index (χ4v) is 1.68. The van der Waals surface area contributed by atoms with Crippen molar-refractivity contribution in [1.82, 2.24) is 4.98 Å². The number of hydrogen-bond acceptors (Lipinski definition) is 2. The number of nitrogens with zero attached hydrogens (tertiary/aromatic N) is 1. The second kappa shape index (κ2) is 3.24. The highest BCUT2D eigenvalue weighted by atomic mass is 16.3. The Bertz CT molecular complexity index is 584. The van der Waals surface area contributed by atoms with Crippen LogP contribution < -0.4 is 0 Å². The summed E-state index contributed by atoms with van der Waals surface area (Å²) in [4.78, 5) is 4.00. The third-order valence-corrected chi connectivity index (χ3v) is 2.41. The molecule has 0 saturated heterocycles. The normalized spacial score (nSPS) is 10.7. The smallest absolute Gasteiger partial charge is 0.135 e. The van der Waals surface area contributed by atoms with E-state index in [0.29, 0.717) is 0 Å². The first-order valence-electron chi connectivity index (χ1n) is 4.73. The van der Waals surface area contributed by atoms with Gasteiger partial charge in [0.2, 0.25) is 0 Å². The monoisotopic (exact) mass is 194 g/mol. The number of rotatable bonds is 1. The van der Waals surface area contributed by atoms with Crippen LogP contribution in [0.1, 0.15) is 0 Å². The van der Waals surface area contributed by atoms with E-state index in [1.54, 1.807) is 18.7 Å². The molecule has 0 fully saturated rings. The van der Waals surface area contributed by atoms with Gasteiger partial charge in [0.25, 0.3) is 0 Å². The number of benzene rings is 1. The Kier molecular flexibility index (Phi) is 1.78. The molecule has 0 atom stereocenters. The molecule has 2 aromatic heterocycles. The Hall–Kier alpha value is -2.09. The minimum absolute atomic E-state index is 0.865. The van der Waals surface area contributed by atoms with Gasteiger partial charge in [-0.1, -0.05) is 6.07 Å². The minimum atomic E-state index is 0.865. The fourth-order valence-electron chi connectivity index (χ4n) is 1.68. The van der Waals surface area contributed by atoms with Gasteiger partial charge in [0.1, 0.15) is 5.58 Å². The first-order valence-corrected chi connectivity index (χ1v) is 4.73. The Morgan fingerprint density at radius 3 is 2.87 bits per heavy atom. The van der Waals surface area contributed by atoms with E-state index in [4.69, 9.17) is 4.42 Å². The lowest BCUT2D eigenvalue weighted by Crippen LogP contribution is -1.75. The van der Waals surface area contributed by atoms with Gasteiger partial charge in [-0.15, -0.1) is 0 Å². The van der Waals surface area contributed by atoms with E-state index in [1.807, 2.05) is 30.3 Å². The molecule has 2 heteroatoms. The quantitative estimate of drug-likeness (QED) is 0.594. The summed E-state index contributed by atoms with van der Waals surface area (Å²) < 4.78 is 5.45. The molecule has 2 heterocycles. The number of aromatic nitrogens is 1. The van der Waals surface area contributed by atoms with Crippen LogP contribution in [-0.4, -0.2) is 4.98 Å². The summed E-state index contributed by atoms with van der Waals surface area (Å²) in [5.74, 6) is 0. The predicted molar refractivity (Wildman–Crippen MR) is 58.3 cm³/mol. The van der Waals surface area contributed by atoms with E-state index in [2.05, 4.69) is 11.1 Å². The van der Waals surface area contributed by atoms with E-state index in [-0.39, 0.29) is 0 Å². The molecular weight excluding hydrogens is 186 g/mol. The van der Waals surface area contributed by atoms with Gasteiger partial charge in [-0.05, 0) is 35.9 Å².